The average Bonchev–Trinajstić information content (AvgIpc) is 2.48. The van der Waals surface area contributed by atoms with E-state index in [-0.39, 0.29) is 11.8 Å². The zero-order valence-corrected chi connectivity index (χ0v) is 14.8. The molecule has 1 aromatic carbocycles. The molecule has 1 unspecified atom stereocenters. The molecule has 0 aromatic heterocycles. The van der Waals surface area contributed by atoms with Gasteiger partial charge in [0.1, 0.15) is 11.6 Å². The summed E-state index contributed by atoms with van der Waals surface area (Å²) in [6, 6.07) is 7.32. The van der Waals surface area contributed by atoms with Crippen molar-refractivity contribution in [2.45, 2.75) is 51.6 Å². The van der Waals surface area contributed by atoms with E-state index >= 15 is 0 Å². The van der Waals surface area contributed by atoms with Crippen molar-refractivity contribution in [2.24, 2.45) is 0 Å². The molecule has 2 amide bonds. The molecule has 1 fully saturated rings. The van der Waals surface area contributed by atoms with Gasteiger partial charge in [-0.25, -0.2) is 0 Å². The van der Waals surface area contributed by atoms with E-state index in [1.54, 1.807) is 4.90 Å². The van der Waals surface area contributed by atoms with E-state index in [4.69, 9.17) is 0 Å². The van der Waals surface area contributed by atoms with Gasteiger partial charge >= 0.3 is 0 Å². The number of anilines is 1. The highest BCUT2D eigenvalue weighted by Crippen LogP contribution is 2.31. The Labute approximate surface area is 139 Å². The van der Waals surface area contributed by atoms with Gasteiger partial charge in [-0.3, -0.25) is 14.5 Å². The minimum absolute atomic E-state index is 0.000880. The van der Waals surface area contributed by atoms with Crippen LogP contribution in [0.15, 0.2) is 24.3 Å². The number of benzene rings is 1. The maximum absolute atomic E-state index is 13.0. The summed E-state index contributed by atoms with van der Waals surface area (Å²) in [5.41, 5.74) is 0.0317. The highest BCUT2D eigenvalue weighted by molar-refractivity contribution is 14.1. The van der Waals surface area contributed by atoms with Gasteiger partial charge in [0.25, 0.3) is 5.91 Å². The van der Waals surface area contributed by atoms with E-state index < -0.39 is 11.6 Å². The number of nitrogens with one attached hydrogen (secondary N) is 1. The van der Waals surface area contributed by atoms with E-state index in [2.05, 4.69) is 27.9 Å². The van der Waals surface area contributed by atoms with Gasteiger partial charge in [0, 0.05) is 9.26 Å². The Morgan fingerprint density at radius 1 is 1.24 bits per heavy atom. The van der Waals surface area contributed by atoms with Crippen LogP contribution in [0.2, 0.25) is 0 Å². The molecule has 114 valence electrons. The van der Waals surface area contributed by atoms with Gasteiger partial charge in [-0.1, -0.05) is 26.8 Å². The molecule has 0 spiro atoms. The van der Waals surface area contributed by atoms with E-state index in [9.17, 15) is 9.59 Å². The molecule has 1 aliphatic heterocycles. The highest BCUT2D eigenvalue weighted by Gasteiger charge is 2.48. The van der Waals surface area contributed by atoms with Crippen molar-refractivity contribution in [3.8, 4) is 0 Å². The minimum atomic E-state index is -0.774. The first kappa shape index (κ1) is 16.3. The van der Waals surface area contributed by atoms with Crippen LogP contribution in [0.5, 0.6) is 0 Å². The molecule has 1 aromatic rings. The third-order valence-electron chi connectivity index (χ3n) is 4.29. The predicted octanol–water partition coefficient (Wildman–Crippen LogP) is 3.09. The summed E-state index contributed by atoms with van der Waals surface area (Å²) >= 11 is 2.22. The smallest absolute Gasteiger partial charge is 0.253 e. The summed E-state index contributed by atoms with van der Waals surface area (Å²) in [6.07, 6.45) is 1.81. The zero-order valence-electron chi connectivity index (χ0n) is 12.6. The predicted molar refractivity (Wildman–Crippen MR) is 92.2 cm³/mol. The van der Waals surface area contributed by atoms with E-state index in [1.807, 2.05) is 45.0 Å². The molecule has 0 bridgehead atoms. The van der Waals surface area contributed by atoms with Gasteiger partial charge < -0.3 is 5.32 Å². The van der Waals surface area contributed by atoms with Crippen molar-refractivity contribution in [3.63, 3.8) is 0 Å². The number of amides is 2. The number of carbonyl (C=O) groups is 2. The molecule has 1 saturated heterocycles. The lowest BCUT2D eigenvalue weighted by molar-refractivity contribution is -0.138. The van der Waals surface area contributed by atoms with E-state index in [0.29, 0.717) is 19.3 Å². The third kappa shape index (κ3) is 2.80. The molecule has 1 N–H and O–H groups in total. The van der Waals surface area contributed by atoms with Crippen molar-refractivity contribution in [1.29, 1.82) is 0 Å². The Morgan fingerprint density at radius 3 is 2.43 bits per heavy atom. The Bertz CT molecular complexity index is 555. The van der Waals surface area contributed by atoms with E-state index in [1.165, 1.54) is 0 Å². The maximum Gasteiger partial charge on any atom is 0.253 e. The molecule has 0 saturated carbocycles. The molecule has 2 rings (SSSR count). The van der Waals surface area contributed by atoms with Crippen LogP contribution in [0, 0.1) is 3.57 Å². The normalized spacial score (nSPS) is 21.3. The molecule has 0 radical (unpaired) electrons. The molecule has 5 heteroatoms. The topological polar surface area (TPSA) is 49.4 Å². The number of halogens is 1. The minimum Gasteiger partial charge on any atom is -0.340 e. The second-order valence-corrected chi connectivity index (χ2v) is 6.60. The van der Waals surface area contributed by atoms with Crippen LogP contribution < -0.4 is 10.2 Å². The number of carbonyl (C=O) groups excluding carboxylic acids is 2. The average molecular weight is 400 g/mol. The van der Waals surface area contributed by atoms with Crippen molar-refractivity contribution in [1.82, 2.24) is 5.32 Å². The first-order valence-corrected chi connectivity index (χ1v) is 8.48. The first-order valence-electron chi connectivity index (χ1n) is 7.40. The Morgan fingerprint density at radius 2 is 1.90 bits per heavy atom. The summed E-state index contributed by atoms with van der Waals surface area (Å²) in [5.74, 6) is -0.0550. The van der Waals surface area contributed by atoms with Crippen molar-refractivity contribution in [3.05, 3.63) is 27.8 Å². The molecular formula is C16H21IN2O2. The summed E-state index contributed by atoms with van der Waals surface area (Å²) in [5, 5.41) is 2.96. The fourth-order valence-electron chi connectivity index (χ4n) is 2.88. The highest BCUT2D eigenvalue weighted by atomic mass is 127. The number of hydrogen-bond donors (Lipinski definition) is 1. The SMILES string of the molecule is CCC1C(=O)NC(CC)(CC)C(=O)N1c1cccc(I)c1. The number of piperazine rings is 1. The number of nitrogens with zero attached hydrogens (tertiary/aromatic N) is 1. The van der Waals surface area contributed by atoms with Gasteiger partial charge in [0.2, 0.25) is 5.91 Å². The molecule has 21 heavy (non-hydrogen) atoms. The summed E-state index contributed by atoms with van der Waals surface area (Å²) < 4.78 is 1.05. The van der Waals surface area contributed by atoms with Gasteiger partial charge in [-0.2, -0.15) is 0 Å². The van der Waals surface area contributed by atoms with Crippen LogP contribution in [0.1, 0.15) is 40.0 Å². The van der Waals surface area contributed by atoms with Crippen molar-refractivity contribution < 1.29 is 9.59 Å². The van der Waals surface area contributed by atoms with Crippen LogP contribution in [0.4, 0.5) is 5.69 Å². The Hall–Kier alpha value is -1.11. The molecule has 0 aliphatic carbocycles. The standard InChI is InChI=1S/C16H21IN2O2/c1-4-13-14(20)18-16(5-2,6-3)15(21)19(13)12-9-7-8-11(17)10-12/h7-10,13H,4-6H2,1-3H3,(H,18,20). The second-order valence-electron chi connectivity index (χ2n) is 5.36. The molecule has 1 aliphatic rings. The number of rotatable bonds is 4. The zero-order chi connectivity index (χ0) is 15.6. The van der Waals surface area contributed by atoms with Crippen LogP contribution in [-0.4, -0.2) is 23.4 Å². The van der Waals surface area contributed by atoms with Crippen LogP contribution >= 0.6 is 22.6 Å². The quantitative estimate of drug-likeness (QED) is 0.790. The monoisotopic (exact) mass is 400 g/mol. The van der Waals surface area contributed by atoms with Crippen molar-refractivity contribution >= 4 is 40.1 Å². The van der Waals surface area contributed by atoms with Gasteiger partial charge in [0.15, 0.2) is 0 Å². The number of hydrogen-bond acceptors (Lipinski definition) is 2. The van der Waals surface area contributed by atoms with Crippen LogP contribution in [0.25, 0.3) is 0 Å². The second kappa shape index (κ2) is 6.34. The molecule has 1 atom stereocenters. The first-order chi connectivity index (χ1) is 9.99. The summed E-state index contributed by atoms with van der Waals surface area (Å²) in [6.45, 7) is 5.82. The van der Waals surface area contributed by atoms with Gasteiger partial charge in [-0.05, 0) is 60.1 Å². The third-order valence-corrected chi connectivity index (χ3v) is 4.96. The van der Waals surface area contributed by atoms with Crippen molar-refractivity contribution in [2.75, 3.05) is 4.90 Å². The molecule has 4 nitrogen and oxygen atoms in total. The molecule has 1 heterocycles. The Kier molecular flexibility index (Phi) is 4.91. The fourth-order valence-corrected chi connectivity index (χ4v) is 3.41. The summed E-state index contributed by atoms with van der Waals surface area (Å²) in [4.78, 5) is 27.2. The Balaban J connectivity index is 2.52. The van der Waals surface area contributed by atoms with Crippen LogP contribution in [-0.2, 0) is 9.59 Å². The largest absolute Gasteiger partial charge is 0.340 e. The van der Waals surface area contributed by atoms with Gasteiger partial charge in [0.05, 0.1) is 0 Å². The lowest BCUT2D eigenvalue weighted by Gasteiger charge is -2.45. The maximum atomic E-state index is 13.0. The fraction of sp³-hybridized carbons (Fsp3) is 0.500. The van der Waals surface area contributed by atoms with Gasteiger partial charge in [-0.15, -0.1) is 0 Å². The van der Waals surface area contributed by atoms with Crippen LogP contribution in [0.3, 0.4) is 0 Å². The molecular weight excluding hydrogens is 379 g/mol. The lowest BCUT2D eigenvalue weighted by atomic mass is 9.86. The summed E-state index contributed by atoms with van der Waals surface area (Å²) in [7, 11) is 0. The van der Waals surface area contributed by atoms with E-state index in [0.717, 1.165) is 9.26 Å². The lowest BCUT2D eigenvalue weighted by Crippen LogP contribution is -2.70.